The van der Waals surface area contributed by atoms with E-state index in [-0.39, 0.29) is 0 Å². The minimum absolute atomic E-state index is 0.798. The first-order valence-electron chi connectivity index (χ1n) is 4.53. The molecule has 72 valence electrons. The van der Waals surface area contributed by atoms with Crippen LogP contribution in [0.1, 0.15) is 0 Å². The van der Waals surface area contributed by atoms with Crippen molar-refractivity contribution in [1.29, 1.82) is 0 Å². The molecule has 0 amide bonds. The second kappa shape index (κ2) is 4.91. The van der Waals surface area contributed by atoms with E-state index < -0.39 is 0 Å². The molecule has 2 aromatic rings. The van der Waals surface area contributed by atoms with Crippen molar-refractivity contribution in [2.75, 3.05) is 0 Å². The second-order valence-electron chi connectivity index (χ2n) is 3.10. The lowest BCUT2D eigenvalue weighted by molar-refractivity contribution is 1.38. The average molecular weight is 275 g/mol. The molecule has 0 heterocycles. The van der Waals surface area contributed by atoms with Crippen molar-refractivity contribution in [3.63, 3.8) is 0 Å². The number of benzene rings is 2. The van der Waals surface area contributed by atoms with Crippen molar-refractivity contribution in [3.8, 4) is 0 Å². The van der Waals surface area contributed by atoms with Gasteiger partial charge in [0, 0.05) is 14.3 Å². The molecule has 0 bridgehead atoms. The zero-order valence-corrected chi connectivity index (χ0v) is 10.4. The van der Waals surface area contributed by atoms with Crippen LogP contribution in [0.5, 0.6) is 0 Å². The summed E-state index contributed by atoms with van der Waals surface area (Å²) in [7, 11) is 5.73. The summed E-state index contributed by atoms with van der Waals surface area (Å²) >= 11 is 5.22. The SMILES string of the molecule is [B]c1cccc(Sc2ccccc2Br)c1. The van der Waals surface area contributed by atoms with Gasteiger partial charge in [0.2, 0.25) is 0 Å². The molecule has 3 heteroatoms. The molecule has 2 rings (SSSR count). The molecule has 2 radical (unpaired) electrons. The van der Waals surface area contributed by atoms with Gasteiger partial charge in [-0.2, -0.15) is 0 Å². The summed E-state index contributed by atoms with van der Waals surface area (Å²) in [5.41, 5.74) is 0.798. The lowest BCUT2D eigenvalue weighted by atomic mass is 9.97. The van der Waals surface area contributed by atoms with Gasteiger partial charge in [-0.3, -0.25) is 0 Å². The Bertz CT molecular complexity index is 471. The molecule has 0 nitrogen and oxygen atoms in total. The van der Waals surface area contributed by atoms with Crippen LogP contribution in [0.4, 0.5) is 0 Å². The Morgan fingerprint density at radius 1 is 1.00 bits per heavy atom. The quantitative estimate of drug-likeness (QED) is 0.757. The van der Waals surface area contributed by atoms with Crippen LogP contribution in [0.25, 0.3) is 0 Å². The lowest BCUT2D eigenvalue weighted by Gasteiger charge is -2.04. The Balaban J connectivity index is 2.26. The molecule has 0 saturated heterocycles. The van der Waals surface area contributed by atoms with Gasteiger partial charge in [-0.05, 0) is 34.1 Å². The van der Waals surface area contributed by atoms with E-state index in [1.807, 2.05) is 36.4 Å². The molecule has 0 aromatic heterocycles. The Morgan fingerprint density at radius 2 is 1.80 bits per heavy atom. The number of hydrogen-bond donors (Lipinski definition) is 0. The van der Waals surface area contributed by atoms with E-state index in [1.165, 1.54) is 4.90 Å². The Kier molecular flexibility index (Phi) is 3.55. The number of rotatable bonds is 2. The molecule has 15 heavy (non-hydrogen) atoms. The first kappa shape index (κ1) is 10.8. The van der Waals surface area contributed by atoms with E-state index in [9.17, 15) is 0 Å². The highest BCUT2D eigenvalue weighted by Gasteiger charge is 2.00. The molecule has 0 spiro atoms. The highest BCUT2D eigenvalue weighted by Crippen LogP contribution is 2.32. The van der Waals surface area contributed by atoms with Gasteiger partial charge >= 0.3 is 0 Å². The maximum atomic E-state index is 5.73. The van der Waals surface area contributed by atoms with Crippen molar-refractivity contribution in [2.24, 2.45) is 0 Å². The van der Waals surface area contributed by atoms with Gasteiger partial charge in [-0.15, -0.1) is 0 Å². The molecular weight excluding hydrogens is 267 g/mol. The van der Waals surface area contributed by atoms with Crippen molar-refractivity contribution in [3.05, 3.63) is 53.0 Å². The van der Waals surface area contributed by atoms with Crippen LogP contribution < -0.4 is 5.46 Å². The van der Waals surface area contributed by atoms with Crippen molar-refractivity contribution in [1.82, 2.24) is 0 Å². The first-order valence-corrected chi connectivity index (χ1v) is 6.14. The molecular formula is C12H8BBrS. The van der Waals surface area contributed by atoms with Gasteiger partial charge < -0.3 is 0 Å². The summed E-state index contributed by atoms with van der Waals surface area (Å²) in [5, 5.41) is 0. The summed E-state index contributed by atoms with van der Waals surface area (Å²) in [5.74, 6) is 0. The molecule has 0 saturated carbocycles. The van der Waals surface area contributed by atoms with E-state index in [0.29, 0.717) is 0 Å². The average Bonchev–Trinajstić information content (AvgIpc) is 2.22. The summed E-state index contributed by atoms with van der Waals surface area (Å²) in [6.45, 7) is 0. The molecule has 0 fully saturated rings. The van der Waals surface area contributed by atoms with Crippen LogP contribution in [-0.4, -0.2) is 7.85 Å². The van der Waals surface area contributed by atoms with Crippen molar-refractivity contribution in [2.45, 2.75) is 9.79 Å². The molecule has 0 unspecified atom stereocenters. The molecule has 0 aliphatic carbocycles. The first-order chi connectivity index (χ1) is 7.25. The maximum Gasteiger partial charge on any atom is 0.113 e. The molecule has 0 aliphatic rings. The van der Waals surface area contributed by atoms with Gasteiger partial charge in [0.25, 0.3) is 0 Å². The topological polar surface area (TPSA) is 0 Å². The molecule has 2 aromatic carbocycles. The Hall–Kier alpha value is -0.665. The van der Waals surface area contributed by atoms with Gasteiger partial charge in [0.15, 0.2) is 0 Å². The molecule has 0 aliphatic heterocycles. The fourth-order valence-corrected chi connectivity index (χ4v) is 2.67. The van der Waals surface area contributed by atoms with Crippen LogP contribution in [-0.2, 0) is 0 Å². The number of halogens is 1. The van der Waals surface area contributed by atoms with Gasteiger partial charge in [-0.1, -0.05) is 47.6 Å². The Morgan fingerprint density at radius 3 is 2.53 bits per heavy atom. The van der Waals surface area contributed by atoms with Crippen molar-refractivity contribution < 1.29 is 0 Å². The smallest absolute Gasteiger partial charge is 0.0956 e. The van der Waals surface area contributed by atoms with Gasteiger partial charge in [0.1, 0.15) is 7.85 Å². The third kappa shape index (κ3) is 2.89. The van der Waals surface area contributed by atoms with Gasteiger partial charge in [0.05, 0.1) is 0 Å². The highest BCUT2D eigenvalue weighted by atomic mass is 79.9. The third-order valence-electron chi connectivity index (χ3n) is 1.92. The largest absolute Gasteiger partial charge is 0.113 e. The lowest BCUT2D eigenvalue weighted by Crippen LogP contribution is -1.99. The van der Waals surface area contributed by atoms with E-state index in [2.05, 4.69) is 28.1 Å². The van der Waals surface area contributed by atoms with Crippen LogP contribution in [0.2, 0.25) is 0 Å². The zero-order valence-electron chi connectivity index (χ0n) is 7.98. The van der Waals surface area contributed by atoms with Crippen LogP contribution >= 0.6 is 27.7 Å². The monoisotopic (exact) mass is 274 g/mol. The zero-order chi connectivity index (χ0) is 10.7. The minimum Gasteiger partial charge on any atom is -0.0956 e. The maximum absolute atomic E-state index is 5.73. The van der Waals surface area contributed by atoms with Crippen LogP contribution in [0.15, 0.2) is 62.8 Å². The highest BCUT2D eigenvalue weighted by molar-refractivity contribution is 9.10. The van der Waals surface area contributed by atoms with E-state index in [4.69, 9.17) is 7.85 Å². The van der Waals surface area contributed by atoms with Crippen LogP contribution in [0, 0.1) is 0 Å². The third-order valence-corrected chi connectivity index (χ3v) is 3.94. The summed E-state index contributed by atoms with van der Waals surface area (Å²) in [6, 6.07) is 16.0. The molecule has 0 atom stereocenters. The minimum atomic E-state index is 0.798. The summed E-state index contributed by atoms with van der Waals surface area (Å²) in [4.78, 5) is 2.35. The predicted molar refractivity (Wildman–Crippen MR) is 70.1 cm³/mol. The fraction of sp³-hybridized carbons (Fsp3) is 0. The van der Waals surface area contributed by atoms with E-state index in [0.717, 1.165) is 14.8 Å². The predicted octanol–water partition coefficient (Wildman–Crippen LogP) is 3.39. The molecule has 0 N–H and O–H groups in total. The normalized spacial score (nSPS) is 10.2. The summed E-state index contributed by atoms with van der Waals surface area (Å²) in [6.07, 6.45) is 0. The van der Waals surface area contributed by atoms with Crippen molar-refractivity contribution >= 4 is 41.0 Å². The summed E-state index contributed by atoms with van der Waals surface area (Å²) < 4.78 is 1.11. The second-order valence-corrected chi connectivity index (χ2v) is 5.07. The number of hydrogen-bond acceptors (Lipinski definition) is 1. The van der Waals surface area contributed by atoms with Crippen LogP contribution in [0.3, 0.4) is 0 Å². The van der Waals surface area contributed by atoms with E-state index >= 15 is 0 Å². The van der Waals surface area contributed by atoms with E-state index in [1.54, 1.807) is 11.8 Å². The fourth-order valence-electron chi connectivity index (χ4n) is 1.23. The standard InChI is InChI=1S/C12H8BBrS/c13-9-4-3-5-10(8-9)15-12-7-2-1-6-11(12)14/h1-8H. The van der Waals surface area contributed by atoms with Gasteiger partial charge in [-0.25, -0.2) is 0 Å². The Labute approximate surface area is 104 Å².